The summed E-state index contributed by atoms with van der Waals surface area (Å²) in [5, 5.41) is 0. The highest BCUT2D eigenvalue weighted by molar-refractivity contribution is 7.87. The fourth-order valence-corrected chi connectivity index (χ4v) is 3.02. The van der Waals surface area contributed by atoms with E-state index in [1.807, 2.05) is 6.92 Å². The number of ether oxygens (including phenoxy) is 1. The lowest BCUT2D eigenvalue weighted by molar-refractivity contribution is 0.356. The van der Waals surface area contributed by atoms with Crippen LogP contribution in [-0.4, -0.2) is 15.0 Å². The molecule has 20 heavy (non-hydrogen) atoms. The van der Waals surface area contributed by atoms with Crippen LogP contribution in [-0.2, 0) is 16.5 Å². The third-order valence-corrected chi connectivity index (χ3v) is 4.44. The van der Waals surface area contributed by atoms with Crippen molar-refractivity contribution in [3.63, 3.8) is 0 Å². The molecule has 0 saturated heterocycles. The molecule has 0 atom stereocenters. The molecule has 3 rings (SSSR count). The monoisotopic (exact) mass is 290 g/mol. The molecule has 104 valence electrons. The van der Waals surface area contributed by atoms with Gasteiger partial charge in [-0.3, -0.25) is 0 Å². The van der Waals surface area contributed by atoms with Crippen LogP contribution in [0.4, 0.5) is 0 Å². The Morgan fingerprint density at radius 2 is 1.85 bits per heavy atom. The largest absolute Gasteiger partial charge is 0.493 e. The fraction of sp³-hybridized carbons (Fsp3) is 0.200. The van der Waals surface area contributed by atoms with Gasteiger partial charge in [-0.15, -0.1) is 0 Å². The van der Waals surface area contributed by atoms with Crippen LogP contribution in [0.1, 0.15) is 11.1 Å². The van der Waals surface area contributed by atoms with Crippen molar-refractivity contribution in [1.29, 1.82) is 0 Å². The molecule has 4 nitrogen and oxygen atoms in total. The minimum atomic E-state index is -3.79. The van der Waals surface area contributed by atoms with Gasteiger partial charge in [0.25, 0.3) is 0 Å². The first kappa shape index (κ1) is 13.0. The average molecular weight is 290 g/mol. The van der Waals surface area contributed by atoms with E-state index in [0.29, 0.717) is 12.4 Å². The summed E-state index contributed by atoms with van der Waals surface area (Å²) in [4.78, 5) is 0.153. The molecule has 0 aliphatic carbocycles. The molecule has 0 saturated carbocycles. The van der Waals surface area contributed by atoms with Gasteiger partial charge in [-0.2, -0.15) is 8.42 Å². The number of rotatable bonds is 3. The van der Waals surface area contributed by atoms with Crippen LogP contribution >= 0.6 is 0 Å². The van der Waals surface area contributed by atoms with Gasteiger partial charge in [-0.1, -0.05) is 17.7 Å². The molecule has 2 aromatic carbocycles. The van der Waals surface area contributed by atoms with Crippen molar-refractivity contribution in [3.8, 4) is 11.5 Å². The zero-order valence-electron chi connectivity index (χ0n) is 11.0. The summed E-state index contributed by atoms with van der Waals surface area (Å²) in [6.45, 7) is 2.53. The van der Waals surface area contributed by atoms with Gasteiger partial charge in [0, 0.05) is 12.0 Å². The zero-order chi connectivity index (χ0) is 14.2. The molecule has 0 fully saturated rings. The van der Waals surface area contributed by atoms with Crippen molar-refractivity contribution < 1.29 is 17.3 Å². The highest BCUT2D eigenvalue weighted by Gasteiger charge is 2.18. The molecule has 0 spiro atoms. The smallest absolute Gasteiger partial charge is 0.339 e. The molecule has 2 aromatic rings. The van der Waals surface area contributed by atoms with E-state index in [0.717, 1.165) is 23.3 Å². The first-order chi connectivity index (χ1) is 9.54. The van der Waals surface area contributed by atoms with E-state index in [9.17, 15) is 8.42 Å². The van der Waals surface area contributed by atoms with Crippen molar-refractivity contribution in [2.75, 3.05) is 6.61 Å². The van der Waals surface area contributed by atoms with Crippen LogP contribution in [0.5, 0.6) is 11.5 Å². The van der Waals surface area contributed by atoms with E-state index in [2.05, 4.69) is 0 Å². The molecule has 0 aromatic heterocycles. The second-order valence-electron chi connectivity index (χ2n) is 4.72. The summed E-state index contributed by atoms with van der Waals surface area (Å²) in [5.74, 6) is 1.11. The summed E-state index contributed by atoms with van der Waals surface area (Å²) >= 11 is 0. The SMILES string of the molecule is Cc1ccc(S(=O)(=O)Oc2ccc3c(c2)CCO3)cc1. The average Bonchev–Trinajstić information content (AvgIpc) is 2.86. The first-order valence-electron chi connectivity index (χ1n) is 6.31. The highest BCUT2D eigenvalue weighted by Crippen LogP contribution is 2.30. The van der Waals surface area contributed by atoms with Crippen molar-refractivity contribution >= 4 is 10.1 Å². The van der Waals surface area contributed by atoms with Gasteiger partial charge < -0.3 is 8.92 Å². The van der Waals surface area contributed by atoms with Gasteiger partial charge in [0.2, 0.25) is 0 Å². The van der Waals surface area contributed by atoms with E-state index in [1.54, 1.807) is 42.5 Å². The molecule has 1 heterocycles. The van der Waals surface area contributed by atoms with Crippen LogP contribution in [0.3, 0.4) is 0 Å². The summed E-state index contributed by atoms with van der Waals surface area (Å²) in [7, 11) is -3.79. The molecular formula is C15H14O4S. The highest BCUT2D eigenvalue weighted by atomic mass is 32.2. The number of aryl methyl sites for hydroxylation is 1. The van der Waals surface area contributed by atoms with Gasteiger partial charge in [-0.05, 0) is 37.3 Å². The molecule has 0 radical (unpaired) electrons. The van der Waals surface area contributed by atoms with E-state index < -0.39 is 10.1 Å². The topological polar surface area (TPSA) is 52.6 Å². The molecule has 0 unspecified atom stereocenters. The van der Waals surface area contributed by atoms with Gasteiger partial charge in [0.1, 0.15) is 16.4 Å². The fourth-order valence-electron chi connectivity index (χ4n) is 2.09. The molecule has 1 aliphatic heterocycles. The quantitative estimate of drug-likeness (QED) is 0.816. The van der Waals surface area contributed by atoms with Crippen molar-refractivity contribution in [2.24, 2.45) is 0 Å². The van der Waals surface area contributed by atoms with Gasteiger partial charge >= 0.3 is 10.1 Å². The summed E-state index contributed by atoms with van der Waals surface area (Å²) in [5.41, 5.74) is 1.97. The minimum absolute atomic E-state index is 0.153. The van der Waals surface area contributed by atoms with Crippen LogP contribution in [0, 0.1) is 6.92 Å². The predicted molar refractivity (Wildman–Crippen MR) is 74.6 cm³/mol. The lowest BCUT2D eigenvalue weighted by Crippen LogP contribution is -2.09. The zero-order valence-corrected chi connectivity index (χ0v) is 11.8. The van der Waals surface area contributed by atoms with E-state index in [4.69, 9.17) is 8.92 Å². The normalized spacial score (nSPS) is 13.7. The Labute approximate surface area is 118 Å². The molecule has 0 amide bonds. The lowest BCUT2D eigenvalue weighted by atomic mass is 10.2. The van der Waals surface area contributed by atoms with Gasteiger partial charge in [-0.25, -0.2) is 0 Å². The molecule has 5 heteroatoms. The van der Waals surface area contributed by atoms with E-state index in [-0.39, 0.29) is 4.90 Å². The molecule has 0 N–H and O–H groups in total. The van der Waals surface area contributed by atoms with Crippen molar-refractivity contribution in [3.05, 3.63) is 53.6 Å². The van der Waals surface area contributed by atoms with Crippen molar-refractivity contribution in [1.82, 2.24) is 0 Å². The Bertz CT molecular complexity index is 733. The second kappa shape index (κ2) is 4.83. The number of fused-ring (bicyclic) bond motifs is 1. The number of hydrogen-bond acceptors (Lipinski definition) is 4. The summed E-state index contributed by atoms with van der Waals surface area (Å²) in [6.07, 6.45) is 0.775. The maximum absolute atomic E-state index is 12.2. The summed E-state index contributed by atoms with van der Waals surface area (Å²) < 4.78 is 34.9. The Hall–Kier alpha value is -2.01. The second-order valence-corrected chi connectivity index (χ2v) is 6.26. The third-order valence-electron chi connectivity index (χ3n) is 3.18. The number of benzene rings is 2. The Morgan fingerprint density at radius 1 is 1.10 bits per heavy atom. The summed E-state index contributed by atoms with van der Waals surface area (Å²) in [6, 6.07) is 11.6. The van der Waals surface area contributed by atoms with Crippen LogP contribution < -0.4 is 8.92 Å². The van der Waals surface area contributed by atoms with Gasteiger partial charge in [0.05, 0.1) is 6.61 Å². The third kappa shape index (κ3) is 2.49. The molecule has 1 aliphatic rings. The standard InChI is InChI=1S/C15H14O4S/c1-11-2-5-14(6-3-11)20(16,17)19-13-4-7-15-12(10-13)8-9-18-15/h2-7,10H,8-9H2,1H3. The Balaban J connectivity index is 1.88. The Kier molecular flexibility index (Phi) is 3.14. The van der Waals surface area contributed by atoms with Crippen molar-refractivity contribution in [2.45, 2.75) is 18.2 Å². The molecule has 0 bridgehead atoms. The molecular weight excluding hydrogens is 276 g/mol. The van der Waals surface area contributed by atoms with Gasteiger partial charge in [0.15, 0.2) is 0 Å². The maximum atomic E-state index is 12.2. The van der Waals surface area contributed by atoms with E-state index in [1.165, 1.54) is 0 Å². The first-order valence-corrected chi connectivity index (χ1v) is 7.72. The van der Waals surface area contributed by atoms with Crippen LogP contribution in [0.2, 0.25) is 0 Å². The van der Waals surface area contributed by atoms with Crippen LogP contribution in [0.25, 0.3) is 0 Å². The number of hydrogen-bond donors (Lipinski definition) is 0. The maximum Gasteiger partial charge on any atom is 0.339 e. The predicted octanol–water partition coefficient (Wildman–Crippen LogP) is 2.70. The Morgan fingerprint density at radius 3 is 2.60 bits per heavy atom. The van der Waals surface area contributed by atoms with E-state index >= 15 is 0 Å². The minimum Gasteiger partial charge on any atom is -0.493 e. The van der Waals surface area contributed by atoms with Crippen LogP contribution in [0.15, 0.2) is 47.4 Å². The lowest BCUT2D eigenvalue weighted by Gasteiger charge is -2.08.